The van der Waals surface area contributed by atoms with Crippen LogP contribution < -0.4 is 25.5 Å². The molecular weight excluding hydrogens is 387 g/mol. The van der Waals surface area contributed by atoms with Crippen LogP contribution in [0.4, 0.5) is 0 Å². The number of nitrogens with one attached hydrogen (secondary N) is 1. The van der Waals surface area contributed by atoms with Crippen LogP contribution in [0.1, 0.15) is 5.56 Å². The number of carbonyl (C=O) groups is 1. The summed E-state index contributed by atoms with van der Waals surface area (Å²) in [5.41, 5.74) is 3.23. The highest BCUT2D eigenvalue weighted by Crippen LogP contribution is 2.42. The summed E-state index contributed by atoms with van der Waals surface area (Å²) in [7, 11) is -3.13. The molecule has 29 heavy (non-hydrogen) atoms. The molecule has 1 heterocycles. The number of benzene rings is 3. The van der Waals surface area contributed by atoms with Gasteiger partial charge in [-0.05, 0) is 23.8 Å². The Balaban J connectivity index is 1.49. The van der Waals surface area contributed by atoms with Gasteiger partial charge in [0.1, 0.15) is 0 Å². The predicted octanol–water partition coefficient (Wildman–Crippen LogP) is 2.88. The van der Waals surface area contributed by atoms with Gasteiger partial charge in [0, 0.05) is 10.6 Å². The number of nitrogens with zero attached hydrogens (tertiary/aromatic N) is 1. The summed E-state index contributed by atoms with van der Waals surface area (Å²) in [6.45, 7) is 0.195. The average molecular weight is 406 g/mol. The number of hydrazone groups is 1. The van der Waals surface area contributed by atoms with Crippen LogP contribution >= 0.6 is 7.14 Å². The molecule has 0 saturated carbocycles. The molecule has 0 atom stereocenters. The van der Waals surface area contributed by atoms with Gasteiger partial charge >= 0.3 is 0 Å². The number of carbonyl (C=O) groups excluding carboxylic acids is 1. The second kappa shape index (κ2) is 8.33. The van der Waals surface area contributed by atoms with Crippen molar-refractivity contribution in [1.82, 2.24) is 5.43 Å². The number of ether oxygens (including phenoxy) is 2. The summed E-state index contributed by atoms with van der Waals surface area (Å²) in [6.07, 6.45) is 1.34. The zero-order chi connectivity index (χ0) is 20.1. The van der Waals surface area contributed by atoms with Crippen molar-refractivity contribution >= 4 is 29.9 Å². The number of amides is 1. The Hall–Kier alpha value is -3.37. The van der Waals surface area contributed by atoms with E-state index >= 15 is 0 Å². The lowest BCUT2D eigenvalue weighted by Crippen LogP contribution is -2.28. The van der Waals surface area contributed by atoms with Crippen molar-refractivity contribution in [3.05, 3.63) is 84.4 Å². The molecule has 1 amide bonds. The van der Waals surface area contributed by atoms with Gasteiger partial charge < -0.3 is 14.0 Å². The monoisotopic (exact) mass is 406 g/mol. The summed E-state index contributed by atoms with van der Waals surface area (Å²) in [5, 5.41) is 5.28. The first-order valence-corrected chi connectivity index (χ1v) is 11.0. The highest BCUT2D eigenvalue weighted by Gasteiger charge is 2.30. The zero-order valence-electron chi connectivity index (χ0n) is 15.5. The van der Waals surface area contributed by atoms with Crippen molar-refractivity contribution in [2.24, 2.45) is 5.10 Å². The van der Waals surface area contributed by atoms with Gasteiger partial charge in [-0.25, -0.2) is 5.43 Å². The van der Waals surface area contributed by atoms with Crippen molar-refractivity contribution in [1.29, 1.82) is 0 Å². The van der Waals surface area contributed by atoms with E-state index in [1.807, 2.05) is 42.5 Å². The molecule has 3 aromatic rings. The summed E-state index contributed by atoms with van der Waals surface area (Å²) >= 11 is 0. The van der Waals surface area contributed by atoms with Crippen LogP contribution in [0, 0.1) is 0 Å². The molecule has 1 aliphatic rings. The highest BCUT2D eigenvalue weighted by molar-refractivity contribution is 7.79. The topological polar surface area (TPSA) is 77.0 Å². The zero-order valence-corrected chi connectivity index (χ0v) is 16.4. The van der Waals surface area contributed by atoms with Gasteiger partial charge in [0.15, 0.2) is 18.6 Å². The quantitative estimate of drug-likeness (QED) is 0.388. The maximum atomic E-state index is 13.8. The molecule has 1 aliphatic heterocycles. The Morgan fingerprint density at radius 1 is 0.931 bits per heavy atom. The Kier molecular flexibility index (Phi) is 5.45. The van der Waals surface area contributed by atoms with Crippen molar-refractivity contribution in [2.45, 2.75) is 0 Å². The smallest absolute Gasteiger partial charge is 0.248 e. The molecule has 0 aliphatic carbocycles. The van der Waals surface area contributed by atoms with Gasteiger partial charge in [-0.3, -0.25) is 4.79 Å². The van der Waals surface area contributed by atoms with Crippen LogP contribution in [0.15, 0.2) is 84.0 Å². The third-order valence-electron chi connectivity index (χ3n) is 4.51. The van der Waals surface area contributed by atoms with Crippen LogP contribution in [-0.4, -0.2) is 25.1 Å². The summed E-state index contributed by atoms with van der Waals surface area (Å²) in [5.74, 6) is 0.897. The van der Waals surface area contributed by atoms with Gasteiger partial charge in [-0.15, -0.1) is 0 Å². The second-order valence-corrected chi connectivity index (χ2v) is 9.30. The lowest BCUT2D eigenvalue weighted by molar-refractivity contribution is -0.118. The molecule has 0 unspecified atom stereocenters. The largest absolute Gasteiger partial charge is 0.454 e. The van der Waals surface area contributed by atoms with E-state index in [9.17, 15) is 9.36 Å². The summed E-state index contributed by atoms with van der Waals surface area (Å²) in [6, 6.07) is 23.5. The van der Waals surface area contributed by atoms with E-state index in [0.717, 1.165) is 5.56 Å². The maximum Gasteiger partial charge on any atom is 0.248 e. The maximum absolute atomic E-state index is 13.8. The third kappa shape index (κ3) is 4.23. The molecule has 0 saturated heterocycles. The molecule has 0 radical (unpaired) electrons. The van der Waals surface area contributed by atoms with Crippen molar-refractivity contribution < 1.29 is 18.8 Å². The molecule has 146 valence electrons. The number of rotatable bonds is 6. The van der Waals surface area contributed by atoms with Crippen LogP contribution in [0.2, 0.25) is 0 Å². The number of fused-ring (bicyclic) bond motifs is 1. The normalized spacial score (nSPS) is 12.8. The van der Waals surface area contributed by atoms with Crippen molar-refractivity contribution in [3.8, 4) is 11.5 Å². The van der Waals surface area contributed by atoms with Gasteiger partial charge in [0.2, 0.25) is 12.7 Å². The molecule has 0 spiro atoms. The predicted molar refractivity (Wildman–Crippen MR) is 113 cm³/mol. The van der Waals surface area contributed by atoms with E-state index in [-0.39, 0.29) is 13.0 Å². The van der Waals surface area contributed by atoms with E-state index < -0.39 is 13.0 Å². The number of hydrogen-bond acceptors (Lipinski definition) is 5. The van der Waals surface area contributed by atoms with E-state index in [0.29, 0.717) is 22.1 Å². The molecule has 7 heteroatoms. The molecule has 1 N–H and O–H groups in total. The second-order valence-electron chi connectivity index (χ2n) is 6.47. The fourth-order valence-electron chi connectivity index (χ4n) is 3.08. The fraction of sp³-hybridized carbons (Fsp3) is 0.0909. The fourth-order valence-corrected chi connectivity index (χ4v) is 5.53. The van der Waals surface area contributed by atoms with Gasteiger partial charge in [-0.2, -0.15) is 5.10 Å². The van der Waals surface area contributed by atoms with Gasteiger partial charge in [0.05, 0.1) is 12.4 Å². The van der Waals surface area contributed by atoms with Crippen LogP contribution in [0.25, 0.3) is 0 Å². The summed E-state index contributed by atoms with van der Waals surface area (Å²) in [4.78, 5) is 12.5. The Morgan fingerprint density at radius 2 is 1.55 bits per heavy atom. The first kappa shape index (κ1) is 19.0. The minimum Gasteiger partial charge on any atom is -0.454 e. The van der Waals surface area contributed by atoms with Crippen LogP contribution in [0.3, 0.4) is 0 Å². The van der Waals surface area contributed by atoms with E-state index in [4.69, 9.17) is 9.47 Å². The SMILES string of the molecule is O=C(CP(=O)(c1ccccc1)c1ccccc1)N/N=C/c1ccc2c(c1)OCO2. The molecule has 0 fully saturated rings. The molecule has 0 bridgehead atoms. The lowest BCUT2D eigenvalue weighted by Gasteiger charge is -2.18. The summed E-state index contributed by atoms with van der Waals surface area (Å²) < 4.78 is 24.4. The minimum atomic E-state index is -3.13. The third-order valence-corrected chi connectivity index (χ3v) is 7.51. The molecule has 6 nitrogen and oxygen atoms in total. The molecular formula is C22H19N2O4P. The Bertz CT molecular complexity index is 1040. The molecule has 0 aromatic heterocycles. The van der Waals surface area contributed by atoms with Crippen LogP contribution in [0.5, 0.6) is 11.5 Å². The van der Waals surface area contributed by atoms with Crippen molar-refractivity contribution in [3.63, 3.8) is 0 Å². The average Bonchev–Trinajstić information content (AvgIpc) is 3.23. The lowest BCUT2D eigenvalue weighted by atomic mass is 10.2. The van der Waals surface area contributed by atoms with E-state index in [2.05, 4.69) is 10.5 Å². The first-order chi connectivity index (χ1) is 14.1. The van der Waals surface area contributed by atoms with Crippen LogP contribution in [-0.2, 0) is 9.36 Å². The van der Waals surface area contributed by atoms with Gasteiger partial charge in [-0.1, -0.05) is 60.7 Å². The Labute approximate surface area is 168 Å². The molecule has 4 rings (SSSR count). The number of hydrogen-bond donors (Lipinski definition) is 1. The van der Waals surface area contributed by atoms with Crippen molar-refractivity contribution in [2.75, 3.05) is 13.0 Å². The highest BCUT2D eigenvalue weighted by atomic mass is 31.2. The molecule has 3 aromatic carbocycles. The van der Waals surface area contributed by atoms with E-state index in [1.54, 1.807) is 36.4 Å². The Morgan fingerprint density at radius 3 is 2.21 bits per heavy atom. The first-order valence-electron chi connectivity index (χ1n) is 9.07. The minimum absolute atomic E-state index is 0.167. The van der Waals surface area contributed by atoms with E-state index in [1.165, 1.54) is 6.21 Å². The standard InChI is InChI=1S/C22H19N2O4P/c25-22(24-23-14-17-11-12-20-21(13-17)28-16-27-20)15-29(26,18-7-3-1-4-8-18)19-9-5-2-6-10-19/h1-14H,15-16H2,(H,24,25)/b23-14+. The van der Waals surface area contributed by atoms with Gasteiger partial charge in [0.25, 0.3) is 0 Å².